The second-order valence-corrected chi connectivity index (χ2v) is 5.18. The zero-order valence-electron chi connectivity index (χ0n) is 26.1. The zero-order valence-corrected chi connectivity index (χ0v) is 12.1. The van der Waals surface area contributed by atoms with Crippen molar-refractivity contribution in [1.29, 1.82) is 0 Å². The fourth-order valence-corrected chi connectivity index (χ4v) is 2.07. The number of amides is 1. The Morgan fingerprint density at radius 1 is 1.52 bits per heavy atom. The first kappa shape index (κ1) is 6.55. The number of carbonyl (C=O) groups excluding carboxylic acids is 1. The molecule has 0 saturated heterocycles. The lowest BCUT2D eigenvalue weighted by Crippen LogP contribution is -2.36. The molecule has 1 heterocycles. The van der Waals surface area contributed by atoms with Crippen LogP contribution in [0.5, 0.6) is 0 Å². The maximum atomic E-state index is 11.9. The van der Waals surface area contributed by atoms with Crippen molar-refractivity contribution < 1.29 is 29.1 Å². The topological polar surface area (TPSA) is 113 Å². The van der Waals surface area contributed by atoms with E-state index in [4.69, 9.17) is 24.9 Å². The molecular weight excluding hydrogens is 294 g/mol. The normalized spacial score (nSPS) is 42.6. The van der Waals surface area contributed by atoms with Crippen LogP contribution in [0.3, 0.4) is 0 Å². The van der Waals surface area contributed by atoms with Crippen LogP contribution in [0.2, 0.25) is 0 Å². The van der Waals surface area contributed by atoms with E-state index in [0.29, 0.717) is 0 Å². The molecule has 23 heavy (non-hydrogen) atoms. The Morgan fingerprint density at radius 3 is 2.91 bits per heavy atom. The van der Waals surface area contributed by atoms with Crippen LogP contribution in [0.25, 0.3) is 0 Å². The third-order valence-corrected chi connectivity index (χ3v) is 3.18. The number of hydrogen-bond donors (Lipinski definition) is 4. The first-order chi connectivity index (χ1) is 16.3. The molecule has 1 saturated carbocycles. The van der Waals surface area contributed by atoms with E-state index in [2.05, 4.69) is 15.3 Å². The fraction of sp³-hybridized carbons (Fsp3) is 0.688. The van der Waals surface area contributed by atoms with Crippen LogP contribution in [-0.4, -0.2) is 38.6 Å². The summed E-state index contributed by atoms with van der Waals surface area (Å²) in [5.41, 5.74) is 1.30. The molecule has 1 aliphatic rings. The number of aliphatic hydroxyl groups is 1. The minimum Gasteiger partial charge on any atom is -0.393 e. The largest absolute Gasteiger partial charge is 0.393 e. The minimum atomic E-state index is -3.64. The molecule has 1 aromatic rings. The van der Waals surface area contributed by atoms with Crippen LogP contribution < -0.4 is 16.4 Å². The maximum absolute atomic E-state index is 11.9. The summed E-state index contributed by atoms with van der Waals surface area (Å²) in [4.78, 5) is 19.4. The van der Waals surface area contributed by atoms with Gasteiger partial charge in [0.25, 0.3) is 5.91 Å². The number of anilines is 2. The van der Waals surface area contributed by atoms with Crippen LogP contribution >= 0.6 is 0 Å². The highest BCUT2D eigenvalue weighted by Gasteiger charge is 2.27. The Morgan fingerprint density at radius 2 is 2.30 bits per heavy atom. The molecule has 2 rings (SSSR count). The van der Waals surface area contributed by atoms with Gasteiger partial charge >= 0.3 is 0 Å². The molecule has 0 radical (unpaired) electrons. The summed E-state index contributed by atoms with van der Waals surface area (Å²) in [5, 5.41) is 14.8. The number of nitrogens with zero attached hydrogens (tertiary/aromatic N) is 2. The van der Waals surface area contributed by atoms with Gasteiger partial charge in [0.2, 0.25) is 5.95 Å². The van der Waals surface area contributed by atoms with Crippen LogP contribution in [0.15, 0.2) is 6.20 Å². The van der Waals surface area contributed by atoms with E-state index < -0.39 is 80.6 Å². The van der Waals surface area contributed by atoms with Crippen LogP contribution in [0, 0.1) is 5.92 Å². The van der Waals surface area contributed by atoms with Crippen LogP contribution in [-0.2, 0) is 0 Å². The second-order valence-electron chi connectivity index (χ2n) is 5.18. The van der Waals surface area contributed by atoms with Gasteiger partial charge in [-0.15, -0.1) is 0 Å². The SMILES string of the molecule is [2H]C1(Nc2nc(NC(C([2H])([2H])[2H])(C([2H])([2H])[2H])C([2H])([2H])[2H])ncc2C(N)=O)CCC(C([2H])([2H])[2H])C([2H])(O)C1. The predicted molar refractivity (Wildman–Crippen MR) is 90.4 cm³/mol. The Hall–Kier alpha value is -1.89. The van der Waals surface area contributed by atoms with Crippen molar-refractivity contribution in [2.75, 3.05) is 10.6 Å². The van der Waals surface area contributed by atoms with Crippen molar-refractivity contribution in [1.82, 2.24) is 9.97 Å². The number of nitrogens with two attached hydrogens (primary N) is 1. The van der Waals surface area contributed by atoms with Gasteiger partial charge in [0, 0.05) is 34.2 Å². The maximum Gasteiger partial charge on any atom is 0.254 e. The molecule has 3 atom stereocenters. The summed E-state index contributed by atoms with van der Waals surface area (Å²) in [6, 6.07) is -1.98. The first-order valence-corrected chi connectivity index (χ1v) is 6.73. The Balaban J connectivity index is 2.57. The smallest absolute Gasteiger partial charge is 0.254 e. The molecule has 7 nitrogen and oxygen atoms in total. The monoisotopic (exact) mass is 335 g/mol. The quantitative estimate of drug-likeness (QED) is 0.667. The Labute approximate surface area is 156 Å². The van der Waals surface area contributed by atoms with Crippen molar-refractivity contribution in [2.45, 2.75) is 64.3 Å². The van der Waals surface area contributed by atoms with Gasteiger partial charge < -0.3 is 21.5 Å². The number of primary amides is 1. The van der Waals surface area contributed by atoms with Gasteiger partial charge in [0.15, 0.2) is 0 Å². The summed E-state index contributed by atoms with van der Waals surface area (Å²) in [6.45, 7) is -13.6. The zero-order chi connectivity index (χ0) is 29.0. The molecule has 1 fully saturated rings. The van der Waals surface area contributed by atoms with Gasteiger partial charge in [-0.05, 0) is 45.7 Å². The molecule has 128 valence electrons. The number of hydrogen-bond acceptors (Lipinski definition) is 6. The summed E-state index contributed by atoms with van der Waals surface area (Å²) in [5.74, 6) is -4.02. The molecule has 3 unspecified atom stereocenters. The predicted octanol–water partition coefficient (Wildman–Crippen LogP) is 1.75. The average Bonchev–Trinajstić information content (AvgIpc) is 2.60. The van der Waals surface area contributed by atoms with Crippen LogP contribution in [0.4, 0.5) is 11.8 Å². The van der Waals surface area contributed by atoms with E-state index in [9.17, 15) is 9.90 Å². The molecule has 0 aliphatic heterocycles. The van der Waals surface area contributed by atoms with E-state index in [-0.39, 0.29) is 12.8 Å². The van der Waals surface area contributed by atoms with E-state index in [0.717, 1.165) is 6.20 Å². The molecule has 1 aliphatic carbocycles. The van der Waals surface area contributed by atoms with Crippen molar-refractivity contribution in [3.63, 3.8) is 0 Å². The van der Waals surface area contributed by atoms with E-state index in [1.807, 2.05) is 5.32 Å². The molecule has 5 N–H and O–H groups in total. The summed E-state index contributed by atoms with van der Waals surface area (Å²) >= 11 is 0. The fourth-order valence-electron chi connectivity index (χ4n) is 2.07. The second kappa shape index (κ2) is 6.70. The van der Waals surface area contributed by atoms with Crippen molar-refractivity contribution in [3.05, 3.63) is 11.8 Å². The first-order valence-electron chi connectivity index (χ1n) is 13.7. The van der Waals surface area contributed by atoms with Gasteiger partial charge in [-0.3, -0.25) is 4.79 Å². The number of aromatic nitrogens is 2. The van der Waals surface area contributed by atoms with Crippen molar-refractivity contribution >= 4 is 17.7 Å². The van der Waals surface area contributed by atoms with Gasteiger partial charge in [0.1, 0.15) is 5.82 Å². The molecule has 0 spiro atoms. The van der Waals surface area contributed by atoms with Gasteiger partial charge in [-0.1, -0.05) is 6.85 Å². The number of carbonyl (C=O) groups is 1. The highest BCUT2D eigenvalue weighted by Crippen LogP contribution is 2.27. The highest BCUT2D eigenvalue weighted by atomic mass is 16.3. The van der Waals surface area contributed by atoms with E-state index in [1.54, 1.807) is 0 Å². The lowest BCUT2D eigenvalue weighted by atomic mass is 9.85. The van der Waals surface area contributed by atoms with Crippen LogP contribution in [0.1, 0.15) is 76.2 Å². The molecule has 1 aromatic heterocycles. The standard InChI is InChI=1S/C16H27N5O2/c1-9-5-6-10(7-12(9)22)19-14-11(13(17)23)8-18-15(20-14)21-16(2,3)4/h8-10,12,22H,5-7H2,1-4H3,(H2,17,23)(H2,18,19,20,21)/i1D3,2D3,3D3,4D3,10D,12D. The molecular formula is C16H27N5O2. The van der Waals surface area contributed by atoms with E-state index in [1.165, 1.54) is 0 Å². The molecule has 1 amide bonds. The molecule has 7 heteroatoms. The lowest BCUT2D eigenvalue weighted by Gasteiger charge is -2.32. The minimum absolute atomic E-state index is 0.244. The van der Waals surface area contributed by atoms with Crippen molar-refractivity contribution in [3.8, 4) is 0 Å². The van der Waals surface area contributed by atoms with Gasteiger partial charge in [0.05, 0.1) is 14.4 Å². The number of nitrogens with one attached hydrogen (secondary N) is 2. The molecule has 0 bridgehead atoms. The summed E-state index contributed by atoms with van der Waals surface area (Å²) in [7, 11) is 0. The highest BCUT2D eigenvalue weighted by molar-refractivity contribution is 5.97. The summed E-state index contributed by atoms with van der Waals surface area (Å²) in [6.07, 6.45) is -3.15. The lowest BCUT2D eigenvalue weighted by molar-refractivity contribution is 0.0739. The molecule has 0 aromatic carbocycles. The Bertz CT molecular complexity index is 983. The average molecular weight is 336 g/mol. The van der Waals surface area contributed by atoms with Crippen molar-refractivity contribution in [2.24, 2.45) is 11.7 Å². The number of rotatable bonds is 4. The summed E-state index contributed by atoms with van der Waals surface area (Å²) < 4.78 is 109. The van der Waals surface area contributed by atoms with Gasteiger partial charge in [-0.2, -0.15) is 4.98 Å². The Kier molecular flexibility index (Phi) is 1.91. The third kappa shape index (κ3) is 4.79. The third-order valence-electron chi connectivity index (χ3n) is 3.18. The van der Waals surface area contributed by atoms with E-state index >= 15 is 0 Å². The van der Waals surface area contributed by atoms with Gasteiger partial charge in [-0.25, -0.2) is 4.98 Å².